The molecule has 0 rings (SSSR count). The Morgan fingerprint density at radius 3 is 2.73 bits per heavy atom. The molecule has 4 heteroatoms. The topological polar surface area (TPSA) is 26.3 Å². The quantitative estimate of drug-likeness (QED) is 0.502. The second-order valence-electron chi connectivity index (χ2n) is 2.13. The average molecular weight is 199 g/mol. The summed E-state index contributed by atoms with van der Waals surface area (Å²) >= 11 is 11.0. The number of carbonyl (C=O) groups excluding carboxylic acids is 1. The van der Waals surface area contributed by atoms with Crippen molar-refractivity contribution >= 4 is 29.2 Å². The molecule has 0 bridgehead atoms. The van der Waals surface area contributed by atoms with Gasteiger partial charge in [-0.3, -0.25) is 4.79 Å². The summed E-state index contributed by atoms with van der Waals surface area (Å²) in [6.45, 7) is 1.91. The lowest BCUT2D eigenvalue weighted by Gasteiger charge is -2.08. The minimum absolute atomic E-state index is 0.252. The van der Waals surface area contributed by atoms with Crippen molar-refractivity contribution in [1.29, 1.82) is 0 Å². The molecule has 0 aliphatic rings. The van der Waals surface area contributed by atoms with Crippen LogP contribution in [0.2, 0.25) is 0 Å². The van der Waals surface area contributed by atoms with Crippen LogP contribution in [0.4, 0.5) is 0 Å². The van der Waals surface area contributed by atoms with Crippen LogP contribution in [0.5, 0.6) is 0 Å². The van der Waals surface area contributed by atoms with Gasteiger partial charge in [-0.05, 0) is 6.42 Å². The van der Waals surface area contributed by atoms with Gasteiger partial charge in [0.05, 0.1) is 0 Å². The maximum atomic E-state index is 10.8. The maximum absolute atomic E-state index is 10.8. The smallest absolute Gasteiger partial charge is 0.307 e. The van der Waals surface area contributed by atoms with Gasteiger partial charge in [0.25, 0.3) is 0 Å². The molecule has 66 valence electrons. The predicted molar refractivity (Wildman–Crippen MR) is 46.0 cm³/mol. The molecule has 11 heavy (non-hydrogen) atoms. The summed E-state index contributed by atoms with van der Waals surface area (Å²) < 4.78 is 4.77. The van der Waals surface area contributed by atoms with Crippen molar-refractivity contribution in [2.45, 2.75) is 31.7 Å². The third-order valence-electron chi connectivity index (χ3n) is 1.05. The zero-order valence-electron chi connectivity index (χ0n) is 6.48. The van der Waals surface area contributed by atoms with Gasteiger partial charge in [0.1, 0.15) is 0 Å². The van der Waals surface area contributed by atoms with Crippen LogP contribution in [0, 0.1) is 0 Å². The van der Waals surface area contributed by atoms with Crippen molar-refractivity contribution in [3.8, 4) is 0 Å². The number of rotatable bonds is 5. The van der Waals surface area contributed by atoms with Crippen molar-refractivity contribution in [3.63, 3.8) is 0 Å². The summed E-state index contributed by atoms with van der Waals surface area (Å²) in [5, 5.41) is 0. The molecule has 0 radical (unpaired) electrons. The van der Waals surface area contributed by atoms with Gasteiger partial charge in [0, 0.05) is 18.7 Å². The number of ether oxygens (including phenoxy) is 1. The Balaban J connectivity index is 3.40. The van der Waals surface area contributed by atoms with Gasteiger partial charge in [0.15, 0.2) is 5.56 Å². The van der Waals surface area contributed by atoms with E-state index in [1.807, 2.05) is 6.92 Å². The summed E-state index contributed by atoms with van der Waals surface area (Å²) in [7, 11) is 0. The molecule has 0 aromatic carbocycles. The maximum Gasteiger partial charge on any atom is 0.307 e. The van der Waals surface area contributed by atoms with E-state index < -0.39 is 5.56 Å². The Kier molecular flexibility index (Phi) is 6.77. The van der Waals surface area contributed by atoms with Crippen LogP contribution in [-0.2, 0) is 9.53 Å². The Bertz CT molecular complexity index is 117. The van der Waals surface area contributed by atoms with E-state index in [-0.39, 0.29) is 5.97 Å². The lowest BCUT2D eigenvalue weighted by molar-refractivity contribution is -0.145. The molecule has 0 saturated carbocycles. The van der Waals surface area contributed by atoms with E-state index in [0.717, 1.165) is 6.42 Å². The van der Waals surface area contributed by atoms with Crippen LogP contribution in [0.15, 0.2) is 0 Å². The first kappa shape index (κ1) is 11.1. The number of esters is 1. The summed E-state index contributed by atoms with van der Waals surface area (Å²) in [4.78, 5) is 10.8. The highest BCUT2D eigenvalue weighted by atomic mass is 35.5. The van der Waals surface area contributed by atoms with E-state index in [1.165, 1.54) is 0 Å². The van der Waals surface area contributed by atoms with Crippen molar-refractivity contribution in [2.75, 3.05) is 5.88 Å². The van der Waals surface area contributed by atoms with Gasteiger partial charge in [-0.1, -0.05) is 18.5 Å². The lowest BCUT2D eigenvalue weighted by atomic mass is 10.3. The minimum Gasteiger partial charge on any atom is -0.446 e. The SMILES string of the molecule is CCCC(=O)OC(Cl)CCCl. The molecule has 0 aromatic rings. The van der Waals surface area contributed by atoms with Gasteiger partial charge >= 0.3 is 5.97 Å². The molecule has 0 amide bonds. The fourth-order valence-corrected chi connectivity index (χ4v) is 1.07. The van der Waals surface area contributed by atoms with Crippen LogP contribution in [0.1, 0.15) is 26.2 Å². The first-order chi connectivity index (χ1) is 5.20. The highest BCUT2D eigenvalue weighted by Gasteiger charge is 2.08. The van der Waals surface area contributed by atoms with E-state index in [4.69, 9.17) is 27.9 Å². The van der Waals surface area contributed by atoms with Crippen molar-refractivity contribution < 1.29 is 9.53 Å². The molecule has 0 aromatic heterocycles. The molecule has 0 heterocycles. The molecule has 1 unspecified atom stereocenters. The van der Waals surface area contributed by atoms with E-state index in [1.54, 1.807) is 0 Å². The van der Waals surface area contributed by atoms with Crippen molar-refractivity contribution in [3.05, 3.63) is 0 Å². The van der Waals surface area contributed by atoms with E-state index in [9.17, 15) is 4.79 Å². The Morgan fingerprint density at radius 2 is 2.27 bits per heavy atom. The molecule has 0 N–H and O–H groups in total. The van der Waals surface area contributed by atoms with Crippen LogP contribution in [0.25, 0.3) is 0 Å². The number of halogens is 2. The van der Waals surface area contributed by atoms with Gasteiger partial charge in [-0.15, -0.1) is 11.6 Å². The first-order valence-electron chi connectivity index (χ1n) is 3.60. The number of hydrogen-bond acceptors (Lipinski definition) is 2. The van der Waals surface area contributed by atoms with E-state index >= 15 is 0 Å². The average Bonchev–Trinajstić information content (AvgIpc) is 1.87. The summed E-state index contributed by atoms with van der Waals surface area (Å²) in [6, 6.07) is 0. The molecule has 0 fully saturated rings. The highest BCUT2D eigenvalue weighted by molar-refractivity contribution is 6.22. The number of alkyl halides is 2. The van der Waals surface area contributed by atoms with E-state index in [0.29, 0.717) is 18.7 Å². The fraction of sp³-hybridized carbons (Fsp3) is 0.857. The third kappa shape index (κ3) is 6.45. The third-order valence-corrected chi connectivity index (χ3v) is 1.58. The molecule has 0 spiro atoms. The second-order valence-corrected chi connectivity index (χ2v) is 2.99. The molecule has 1 atom stereocenters. The van der Waals surface area contributed by atoms with Crippen LogP contribution >= 0.6 is 23.2 Å². The lowest BCUT2D eigenvalue weighted by Crippen LogP contribution is -2.12. The Hall–Kier alpha value is 0.0500. The molecule has 0 saturated heterocycles. The van der Waals surface area contributed by atoms with Crippen LogP contribution in [-0.4, -0.2) is 17.4 Å². The van der Waals surface area contributed by atoms with Gasteiger partial charge in [-0.2, -0.15) is 0 Å². The second kappa shape index (κ2) is 6.74. The summed E-state index contributed by atoms with van der Waals surface area (Å²) in [5.41, 5.74) is -0.563. The Morgan fingerprint density at radius 1 is 1.64 bits per heavy atom. The largest absolute Gasteiger partial charge is 0.446 e. The van der Waals surface area contributed by atoms with Gasteiger partial charge < -0.3 is 4.74 Å². The summed E-state index contributed by atoms with van der Waals surface area (Å²) in [5.74, 6) is 0.158. The van der Waals surface area contributed by atoms with Crippen LogP contribution < -0.4 is 0 Å². The fourth-order valence-electron chi connectivity index (χ4n) is 0.550. The Labute approximate surface area is 76.8 Å². The molecular formula is C7H12Cl2O2. The monoisotopic (exact) mass is 198 g/mol. The minimum atomic E-state index is -0.563. The number of hydrogen-bond donors (Lipinski definition) is 0. The zero-order chi connectivity index (χ0) is 8.69. The van der Waals surface area contributed by atoms with Crippen LogP contribution in [0.3, 0.4) is 0 Å². The predicted octanol–water partition coefficient (Wildman–Crippen LogP) is 2.52. The number of carbonyl (C=O) groups is 1. The standard InChI is InChI=1S/C7H12Cl2O2/c1-2-3-7(10)11-6(9)4-5-8/h6H,2-5H2,1H3. The van der Waals surface area contributed by atoms with Gasteiger partial charge in [0.2, 0.25) is 0 Å². The normalized spacial score (nSPS) is 12.6. The molecule has 0 aliphatic carbocycles. The molecule has 2 nitrogen and oxygen atoms in total. The molecular weight excluding hydrogens is 187 g/mol. The first-order valence-corrected chi connectivity index (χ1v) is 4.57. The van der Waals surface area contributed by atoms with Crippen molar-refractivity contribution in [1.82, 2.24) is 0 Å². The van der Waals surface area contributed by atoms with Crippen molar-refractivity contribution in [2.24, 2.45) is 0 Å². The van der Waals surface area contributed by atoms with Gasteiger partial charge in [-0.25, -0.2) is 0 Å². The zero-order valence-corrected chi connectivity index (χ0v) is 7.99. The summed E-state index contributed by atoms with van der Waals surface area (Å²) in [6.07, 6.45) is 1.70. The van der Waals surface area contributed by atoms with E-state index in [2.05, 4.69) is 0 Å². The molecule has 0 aliphatic heterocycles. The highest BCUT2D eigenvalue weighted by Crippen LogP contribution is 2.07.